The molecular formula is C13H18FN3O4S. The van der Waals surface area contributed by atoms with Crippen LogP contribution in [0.25, 0.3) is 0 Å². The summed E-state index contributed by atoms with van der Waals surface area (Å²) >= 11 is 0. The maximum atomic E-state index is 13.4. The second-order valence-corrected chi connectivity index (χ2v) is 7.12. The van der Waals surface area contributed by atoms with Crippen molar-refractivity contribution in [2.24, 2.45) is 11.7 Å². The fourth-order valence-electron chi connectivity index (χ4n) is 2.72. The molecule has 2 rings (SSSR count). The Kier molecular flexibility index (Phi) is 5.09. The van der Waals surface area contributed by atoms with Crippen LogP contribution in [0.3, 0.4) is 0 Å². The normalized spacial score (nSPS) is 22.5. The summed E-state index contributed by atoms with van der Waals surface area (Å²) in [5, 5.41) is 10.7. The minimum Gasteiger partial charge on any atom is -0.330 e. The van der Waals surface area contributed by atoms with Crippen molar-refractivity contribution in [1.82, 2.24) is 4.72 Å². The smallest absolute Gasteiger partial charge is 0.273 e. The Balaban J connectivity index is 2.28. The summed E-state index contributed by atoms with van der Waals surface area (Å²) in [4.78, 5) is 9.46. The highest BCUT2D eigenvalue weighted by Gasteiger charge is 2.29. The van der Waals surface area contributed by atoms with Crippen LogP contribution >= 0.6 is 0 Å². The Labute approximate surface area is 127 Å². The van der Waals surface area contributed by atoms with Gasteiger partial charge in [-0.3, -0.25) is 10.1 Å². The van der Waals surface area contributed by atoms with Gasteiger partial charge in [0.25, 0.3) is 5.69 Å². The maximum absolute atomic E-state index is 13.4. The van der Waals surface area contributed by atoms with Crippen molar-refractivity contribution in [2.45, 2.75) is 36.6 Å². The summed E-state index contributed by atoms with van der Waals surface area (Å²) in [6.07, 6.45) is 3.35. The zero-order valence-corrected chi connectivity index (χ0v) is 12.7. The maximum Gasteiger partial charge on any atom is 0.273 e. The van der Waals surface area contributed by atoms with E-state index in [9.17, 15) is 22.9 Å². The lowest BCUT2D eigenvalue weighted by Gasteiger charge is -2.31. The molecule has 2 atom stereocenters. The standard InChI is InChI=1S/C13H18FN3O4S/c14-10-5-11(17(18)19)7-12(6-10)22(20,21)16-13-4-2-1-3-9(13)8-15/h5-7,9,13,16H,1-4,8,15H2/t9-,13-/m0/s1. The molecule has 1 aromatic carbocycles. The molecule has 9 heteroatoms. The molecule has 0 unspecified atom stereocenters. The van der Waals surface area contributed by atoms with Crippen molar-refractivity contribution in [1.29, 1.82) is 0 Å². The van der Waals surface area contributed by atoms with Gasteiger partial charge in [0.2, 0.25) is 10.0 Å². The zero-order valence-electron chi connectivity index (χ0n) is 11.9. The lowest BCUT2D eigenvalue weighted by atomic mass is 9.85. The molecule has 0 spiro atoms. The van der Waals surface area contributed by atoms with E-state index in [4.69, 9.17) is 5.73 Å². The van der Waals surface area contributed by atoms with Crippen molar-refractivity contribution in [3.63, 3.8) is 0 Å². The van der Waals surface area contributed by atoms with Gasteiger partial charge in [-0.15, -0.1) is 0 Å². The second kappa shape index (κ2) is 6.67. The molecule has 7 nitrogen and oxygen atoms in total. The van der Waals surface area contributed by atoms with Crippen LogP contribution in [0.5, 0.6) is 0 Å². The van der Waals surface area contributed by atoms with Crippen LogP contribution in [0.4, 0.5) is 10.1 Å². The van der Waals surface area contributed by atoms with Crippen LogP contribution in [0.1, 0.15) is 25.7 Å². The molecule has 3 N–H and O–H groups in total. The number of rotatable bonds is 5. The van der Waals surface area contributed by atoms with Gasteiger partial charge in [-0.2, -0.15) is 0 Å². The molecule has 0 saturated heterocycles. The summed E-state index contributed by atoms with van der Waals surface area (Å²) in [5.41, 5.74) is 5.06. The number of hydrogen-bond acceptors (Lipinski definition) is 5. The number of nitrogens with one attached hydrogen (secondary N) is 1. The number of nitro groups is 1. The highest BCUT2D eigenvalue weighted by molar-refractivity contribution is 7.89. The molecule has 1 saturated carbocycles. The van der Waals surface area contributed by atoms with Crippen LogP contribution in [0.15, 0.2) is 23.1 Å². The first-order chi connectivity index (χ1) is 10.3. The largest absolute Gasteiger partial charge is 0.330 e. The van der Waals surface area contributed by atoms with Crippen LogP contribution in [-0.4, -0.2) is 25.9 Å². The van der Waals surface area contributed by atoms with Crippen molar-refractivity contribution in [3.05, 3.63) is 34.1 Å². The molecule has 1 aliphatic carbocycles. The quantitative estimate of drug-likeness (QED) is 0.627. The lowest BCUT2D eigenvalue weighted by Crippen LogP contribution is -2.44. The van der Waals surface area contributed by atoms with Crippen LogP contribution in [0, 0.1) is 21.8 Å². The molecule has 0 amide bonds. The predicted molar refractivity (Wildman–Crippen MR) is 78.2 cm³/mol. The Hall–Kier alpha value is -1.58. The van der Waals surface area contributed by atoms with Crippen LogP contribution < -0.4 is 10.5 Å². The second-order valence-electron chi connectivity index (χ2n) is 5.41. The molecule has 0 aromatic heterocycles. The minimum absolute atomic E-state index is 0.0204. The molecule has 0 aliphatic heterocycles. The number of halogens is 1. The number of non-ortho nitro benzene ring substituents is 1. The third-order valence-corrected chi connectivity index (χ3v) is 5.36. The zero-order chi connectivity index (χ0) is 16.3. The van der Waals surface area contributed by atoms with E-state index in [0.29, 0.717) is 19.0 Å². The van der Waals surface area contributed by atoms with E-state index >= 15 is 0 Å². The van der Waals surface area contributed by atoms with E-state index in [1.165, 1.54) is 0 Å². The first-order valence-electron chi connectivity index (χ1n) is 7.01. The van der Waals surface area contributed by atoms with Gasteiger partial charge >= 0.3 is 0 Å². The van der Waals surface area contributed by atoms with Gasteiger partial charge in [0.15, 0.2) is 0 Å². The Morgan fingerprint density at radius 2 is 2.00 bits per heavy atom. The monoisotopic (exact) mass is 331 g/mol. The number of nitrogens with two attached hydrogens (primary N) is 1. The Bertz CT molecular complexity index is 665. The molecule has 0 heterocycles. The number of sulfonamides is 1. The minimum atomic E-state index is -4.03. The van der Waals surface area contributed by atoms with Crippen LogP contribution in [0.2, 0.25) is 0 Å². The summed E-state index contributed by atoms with van der Waals surface area (Å²) in [6, 6.07) is 1.98. The van der Waals surface area contributed by atoms with E-state index in [1.807, 2.05) is 0 Å². The van der Waals surface area contributed by atoms with Crippen molar-refractivity contribution < 1.29 is 17.7 Å². The lowest BCUT2D eigenvalue weighted by molar-refractivity contribution is -0.385. The summed E-state index contributed by atoms with van der Waals surface area (Å²) in [6.45, 7) is 0.358. The number of benzene rings is 1. The summed E-state index contributed by atoms with van der Waals surface area (Å²) < 4.78 is 40.6. The third-order valence-electron chi connectivity index (χ3n) is 3.90. The average Bonchev–Trinajstić information content (AvgIpc) is 2.46. The summed E-state index contributed by atoms with van der Waals surface area (Å²) in [7, 11) is -4.03. The van der Waals surface area contributed by atoms with Gasteiger partial charge < -0.3 is 5.73 Å². The van der Waals surface area contributed by atoms with Crippen molar-refractivity contribution in [3.8, 4) is 0 Å². The SMILES string of the molecule is NC[C@@H]1CCCC[C@@H]1NS(=O)(=O)c1cc(F)cc([N+](=O)[O-])c1. The van der Waals surface area contributed by atoms with Gasteiger partial charge in [0, 0.05) is 12.1 Å². The molecule has 0 bridgehead atoms. The summed E-state index contributed by atoms with van der Waals surface area (Å²) in [5.74, 6) is -0.944. The fourth-order valence-corrected chi connectivity index (χ4v) is 4.11. The van der Waals surface area contributed by atoms with E-state index < -0.39 is 31.3 Å². The van der Waals surface area contributed by atoms with E-state index in [0.717, 1.165) is 31.4 Å². The van der Waals surface area contributed by atoms with Gasteiger partial charge in [-0.25, -0.2) is 17.5 Å². The predicted octanol–water partition coefficient (Wildman–Crippen LogP) is 1.53. The van der Waals surface area contributed by atoms with E-state index in [-0.39, 0.29) is 12.0 Å². The van der Waals surface area contributed by atoms with Gasteiger partial charge in [-0.1, -0.05) is 12.8 Å². The first-order valence-corrected chi connectivity index (χ1v) is 8.49. The molecule has 1 aliphatic rings. The Morgan fingerprint density at radius 3 is 2.64 bits per heavy atom. The Morgan fingerprint density at radius 1 is 1.32 bits per heavy atom. The highest BCUT2D eigenvalue weighted by Crippen LogP contribution is 2.26. The average molecular weight is 331 g/mol. The molecule has 122 valence electrons. The van der Waals surface area contributed by atoms with Gasteiger partial charge in [0.1, 0.15) is 5.82 Å². The molecule has 1 aromatic rings. The van der Waals surface area contributed by atoms with Gasteiger partial charge in [0.05, 0.1) is 15.9 Å². The third kappa shape index (κ3) is 3.79. The van der Waals surface area contributed by atoms with E-state index in [2.05, 4.69) is 4.72 Å². The van der Waals surface area contributed by atoms with Crippen molar-refractivity contribution >= 4 is 15.7 Å². The molecular weight excluding hydrogens is 313 g/mol. The van der Waals surface area contributed by atoms with Gasteiger partial charge in [-0.05, 0) is 31.4 Å². The number of nitro benzene ring substituents is 1. The fraction of sp³-hybridized carbons (Fsp3) is 0.538. The number of nitrogens with zero attached hydrogens (tertiary/aromatic N) is 1. The topological polar surface area (TPSA) is 115 Å². The highest BCUT2D eigenvalue weighted by atomic mass is 32.2. The van der Waals surface area contributed by atoms with E-state index in [1.54, 1.807) is 0 Å². The molecule has 0 radical (unpaired) electrons. The first kappa shape index (κ1) is 16.8. The van der Waals surface area contributed by atoms with Crippen molar-refractivity contribution in [2.75, 3.05) is 6.54 Å². The molecule has 22 heavy (non-hydrogen) atoms. The number of hydrogen-bond donors (Lipinski definition) is 2. The van der Waals surface area contributed by atoms with Crippen LogP contribution in [-0.2, 0) is 10.0 Å². The molecule has 1 fully saturated rings.